The van der Waals surface area contributed by atoms with E-state index in [2.05, 4.69) is 10.1 Å². The van der Waals surface area contributed by atoms with Gasteiger partial charge in [0.1, 0.15) is 5.60 Å². The predicted octanol–water partition coefficient (Wildman–Crippen LogP) is 4.92. The first-order chi connectivity index (χ1) is 14.5. The van der Waals surface area contributed by atoms with E-state index < -0.39 is 18.3 Å². The van der Waals surface area contributed by atoms with E-state index in [1.165, 1.54) is 30.2 Å². The lowest BCUT2D eigenvalue weighted by Crippen LogP contribution is -2.28. The van der Waals surface area contributed by atoms with Crippen molar-refractivity contribution in [3.63, 3.8) is 0 Å². The molecule has 0 fully saturated rings. The lowest BCUT2D eigenvalue weighted by Gasteiger charge is -2.20. The van der Waals surface area contributed by atoms with Crippen molar-refractivity contribution in [2.24, 2.45) is 0 Å². The van der Waals surface area contributed by atoms with Gasteiger partial charge in [0, 0.05) is 24.8 Å². The van der Waals surface area contributed by atoms with Crippen LogP contribution in [0.25, 0.3) is 0 Å². The summed E-state index contributed by atoms with van der Waals surface area (Å²) in [6, 6.07) is 11.0. The summed E-state index contributed by atoms with van der Waals surface area (Å²) in [6.45, 7) is 2.39. The minimum atomic E-state index is -3.00. The maximum atomic E-state index is 12.8. The number of nitrogens with zero attached hydrogens (tertiary/aromatic N) is 1. The summed E-state index contributed by atoms with van der Waals surface area (Å²) < 4.78 is 39.9. The van der Waals surface area contributed by atoms with Crippen LogP contribution in [0.3, 0.4) is 0 Å². The van der Waals surface area contributed by atoms with E-state index in [1.54, 1.807) is 52.1 Å². The van der Waals surface area contributed by atoms with Gasteiger partial charge in [-0.05, 0) is 56.7 Å². The second-order valence-corrected chi connectivity index (χ2v) is 7.73. The highest BCUT2D eigenvalue weighted by atomic mass is 19.3. The lowest BCUT2D eigenvalue weighted by atomic mass is 10.1. The molecule has 2 aromatic carbocycles. The molecule has 0 aliphatic heterocycles. The van der Waals surface area contributed by atoms with Crippen molar-refractivity contribution in [2.45, 2.75) is 39.5 Å². The van der Waals surface area contributed by atoms with Crippen LogP contribution in [-0.4, -0.2) is 43.3 Å². The second-order valence-electron chi connectivity index (χ2n) is 7.73. The SMILES string of the molecule is COc1ccc(CN(C)C(=O)c2cccc(NC(=O)OC(C)(C)C)c2)cc1OC(F)F. The number of nitrogens with one attached hydrogen (secondary N) is 1. The van der Waals surface area contributed by atoms with Crippen molar-refractivity contribution in [2.75, 3.05) is 19.5 Å². The van der Waals surface area contributed by atoms with Crippen molar-refractivity contribution >= 4 is 17.7 Å². The van der Waals surface area contributed by atoms with E-state index in [4.69, 9.17) is 9.47 Å². The average molecular weight is 436 g/mol. The molecule has 9 heteroatoms. The number of halogens is 2. The third kappa shape index (κ3) is 7.44. The van der Waals surface area contributed by atoms with Crippen molar-refractivity contribution in [3.05, 3.63) is 53.6 Å². The van der Waals surface area contributed by atoms with Gasteiger partial charge >= 0.3 is 12.7 Å². The molecule has 1 N–H and O–H groups in total. The van der Waals surface area contributed by atoms with Crippen molar-refractivity contribution < 1.29 is 32.6 Å². The number of amides is 2. The van der Waals surface area contributed by atoms with Crippen molar-refractivity contribution in [3.8, 4) is 11.5 Å². The molecular formula is C22H26F2N2O5. The molecule has 0 saturated heterocycles. The van der Waals surface area contributed by atoms with Gasteiger partial charge in [-0.1, -0.05) is 12.1 Å². The normalized spacial score (nSPS) is 11.1. The Hall–Kier alpha value is -3.36. The van der Waals surface area contributed by atoms with Crippen LogP contribution < -0.4 is 14.8 Å². The number of hydrogen-bond donors (Lipinski definition) is 1. The predicted molar refractivity (Wildman–Crippen MR) is 112 cm³/mol. The first-order valence-corrected chi connectivity index (χ1v) is 9.46. The van der Waals surface area contributed by atoms with Crippen LogP contribution >= 0.6 is 0 Å². The summed E-state index contributed by atoms with van der Waals surface area (Å²) in [5, 5.41) is 2.59. The fourth-order valence-corrected chi connectivity index (χ4v) is 2.73. The fraction of sp³-hybridized carbons (Fsp3) is 0.364. The third-order valence-corrected chi connectivity index (χ3v) is 3.97. The number of ether oxygens (including phenoxy) is 3. The van der Waals surface area contributed by atoms with Gasteiger partial charge in [0.25, 0.3) is 5.91 Å². The van der Waals surface area contributed by atoms with Gasteiger partial charge in [0.05, 0.1) is 7.11 Å². The minimum absolute atomic E-state index is 0.112. The Balaban J connectivity index is 2.11. The molecule has 2 aromatic rings. The Kier molecular flexibility index (Phi) is 7.79. The molecular weight excluding hydrogens is 410 g/mol. The molecule has 0 atom stereocenters. The number of anilines is 1. The second kappa shape index (κ2) is 10.1. The summed E-state index contributed by atoms with van der Waals surface area (Å²) in [5.74, 6) is -0.265. The molecule has 0 aliphatic rings. The van der Waals surface area contributed by atoms with Crippen LogP contribution in [0, 0.1) is 0 Å². The summed E-state index contributed by atoms with van der Waals surface area (Å²) in [5.41, 5.74) is 0.678. The van der Waals surface area contributed by atoms with Crippen LogP contribution in [0.5, 0.6) is 11.5 Å². The number of rotatable bonds is 7. The molecule has 0 spiro atoms. The van der Waals surface area contributed by atoms with Gasteiger partial charge in [-0.15, -0.1) is 0 Å². The zero-order valence-electron chi connectivity index (χ0n) is 18.1. The Bertz CT molecular complexity index is 928. The van der Waals surface area contributed by atoms with Crippen LogP contribution in [0.2, 0.25) is 0 Å². The molecule has 0 bridgehead atoms. The summed E-state index contributed by atoms with van der Waals surface area (Å²) in [6.07, 6.45) is -0.629. The molecule has 7 nitrogen and oxygen atoms in total. The molecule has 31 heavy (non-hydrogen) atoms. The van der Waals surface area contributed by atoms with Crippen LogP contribution in [0.4, 0.5) is 19.3 Å². The Morgan fingerprint density at radius 1 is 1.10 bits per heavy atom. The first kappa shape index (κ1) is 23.9. The lowest BCUT2D eigenvalue weighted by molar-refractivity contribution is -0.0512. The molecule has 0 saturated carbocycles. The minimum Gasteiger partial charge on any atom is -0.493 e. The van der Waals surface area contributed by atoms with E-state index in [0.29, 0.717) is 16.8 Å². The number of alkyl halides is 2. The standard InChI is InChI=1S/C22H26F2N2O5/c1-22(2,3)31-21(28)25-16-8-6-7-15(12-16)19(27)26(4)13-14-9-10-17(29-5)18(11-14)30-20(23)24/h6-12,20H,13H2,1-5H3,(H,25,28). The number of carbonyl (C=O) groups is 2. The van der Waals surface area contributed by atoms with Gasteiger partial charge in [0.15, 0.2) is 11.5 Å². The first-order valence-electron chi connectivity index (χ1n) is 9.46. The molecule has 0 unspecified atom stereocenters. The van der Waals surface area contributed by atoms with Crippen LogP contribution in [0.1, 0.15) is 36.7 Å². The quantitative estimate of drug-likeness (QED) is 0.667. The highest BCUT2D eigenvalue weighted by Gasteiger charge is 2.18. The van der Waals surface area contributed by atoms with Gasteiger partial charge in [-0.25, -0.2) is 4.79 Å². The molecule has 0 aliphatic carbocycles. The third-order valence-electron chi connectivity index (χ3n) is 3.97. The molecule has 0 aromatic heterocycles. The smallest absolute Gasteiger partial charge is 0.412 e. The molecule has 0 radical (unpaired) electrons. The Labute approximate surface area is 179 Å². The maximum Gasteiger partial charge on any atom is 0.412 e. The fourth-order valence-electron chi connectivity index (χ4n) is 2.73. The summed E-state index contributed by atoms with van der Waals surface area (Å²) >= 11 is 0. The zero-order valence-corrected chi connectivity index (χ0v) is 18.1. The highest BCUT2D eigenvalue weighted by Crippen LogP contribution is 2.30. The van der Waals surface area contributed by atoms with E-state index in [1.807, 2.05) is 0 Å². The number of carbonyl (C=O) groups excluding carboxylic acids is 2. The monoisotopic (exact) mass is 436 g/mol. The topological polar surface area (TPSA) is 77.1 Å². The zero-order chi connectivity index (χ0) is 23.2. The number of benzene rings is 2. The van der Waals surface area contributed by atoms with E-state index in [9.17, 15) is 18.4 Å². The van der Waals surface area contributed by atoms with Gasteiger partial charge in [0.2, 0.25) is 0 Å². The van der Waals surface area contributed by atoms with E-state index >= 15 is 0 Å². The Morgan fingerprint density at radius 3 is 2.42 bits per heavy atom. The molecule has 2 rings (SSSR count). The van der Waals surface area contributed by atoms with Crippen molar-refractivity contribution in [1.82, 2.24) is 4.90 Å². The van der Waals surface area contributed by atoms with E-state index in [-0.39, 0.29) is 24.0 Å². The molecule has 2 amide bonds. The number of hydrogen-bond acceptors (Lipinski definition) is 5. The van der Waals surface area contributed by atoms with Crippen molar-refractivity contribution in [1.29, 1.82) is 0 Å². The largest absolute Gasteiger partial charge is 0.493 e. The molecule has 168 valence electrons. The van der Waals surface area contributed by atoms with Crippen LogP contribution in [0.15, 0.2) is 42.5 Å². The summed E-state index contributed by atoms with van der Waals surface area (Å²) in [7, 11) is 2.93. The Morgan fingerprint density at radius 2 is 1.81 bits per heavy atom. The van der Waals surface area contributed by atoms with Crippen LogP contribution in [-0.2, 0) is 11.3 Å². The summed E-state index contributed by atoms with van der Waals surface area (Å²) in [4.78, 5) is 26.2. The molecule has 0 heterocycles. The average Bonchev–Trinajstić information content (AvgIpc) is 2.65. The van der Waals surface area contributed by atoms with Gasteiger partial charge in [-0.2, -0.15) is 8.78 Å². The van der Waals surface area contributed by atoms with Gasteiger partial charge < -0.3 is 19.1 Å². The number of methoxy groups -OCH3 is 1. The maximum absolute atomic E-state index is 12.8. The van der Waals surface area contributed by atoms with E-state index in [0.717, 1.165) is 0 Å². The highest BCUT2D eigenvalue weighted by molar-refractivity contribution is 5.96. The van der Waals surface area contributed by atoms with Gasteiger partial charge in [-0.3, -0.25) is 10.1 Å².